The highest BCUT2D eigenvalue weighted by Crippen LogP contribution is 2.35. The number of hydrogen-bond donors (Lipinski definition) is 3. The van der Waals surface area contributed by atoms with Crippen LogP contribution in [0.5, 0.6) is 11.6 Å². The number of aryl methyl sites for hydroxylation is 1. The summed E-state index contributed by atoms with van der Waals surface area (Å²) >= 11 is 0. The summed E-state index contributed by atoms with van der Waals surface area (Å²) in [5, 5.41) is 21.6. The van der Waals surface area contributed by atoms with Gasteiger partial charge in [0.15, 0.2) is 0 Å². The Morgan fingerprint density at radius 1 is 1.11 bits per heavy atom. The fourth-order valence-corrected chi connectivity index (χ4v) is 6.39. The van der Waals surface area contributed by atoms with E-state index in [1.807, 2.05) is 12.1 Å². The molecule has 5 atom stereocenters. The van der Waals surface area contributed by atoms with E-state index in [2.05, 4.69) is 18.0 Å². The van der Waals surface area contributed by atoms with Crippen molar-refractivity contribution in [2.75, 3.05) is 13.7 Å². The number of amides is 2. The number of aliphatic carboxylic acids is 1. The number of nitrogens with one attached hydrogen (secondary N) is 1. The Balaban J connectivity index is 1.50. The number of unbranched alkanes of at least 4 members (excludes halogenated alkanes) is 2. The second kappa shape index (κ2) is 14.3. The molecule has 11 heteroatoms. The molecule has 1 aliphatic carbocycles. The number of carboxylic acids is 1. The van der Waals surface area contributed by atoms with Crippen LogP contribution in [0.25, 0.3) is 11.0 Å². The molecule has 1 saturated heterocycles. The van der Waals surface area contributed by atoms with Gasteiger partial charge in [-0.1, -0.05) is 46.1 Å². The summed E-state index contributed by atoms with van der Waals surface area (Å²) in [5.74, 6) is 0.583. The molecule has 11 nitrogen and oxygen atoms in total. The van der Waals surface area contributed by atoms with Gasteiger partial charge in [-0.3, -0.25) is 4.79 Å². The van der Waals surface area contributed by atoms with Gasteiger partial charge >= 0.3 is 12.1 Å². The van der Waals surface area contributed by atoms with E-state index >= 15 is 0 Å². The normalized spacial score (nSPS) is 22.5. The van der Waals surface area contributed by atoms with Crippen LogP contribution in [0.2, 0.25) is 0 Å². The summed E-state index contributed by atoms with van der Waals surface area (Å²) in [4.78, 5) is 48.0. The number of benzene rings is 1. The van der Waals surface area contributed by atoms with Crippen LogP contribution >= 0.6 is 0 Å². The largest absolute Gasteiger partial charge is 0.497 e. The van der Waals surface area contributed by atoms with Crippen LogP contribution in [0.3, 0.4) is 0 Å². The van der Waals surface area contributed by atoms with Crippen LogP contribution in [0.15, 0.2) is 30.9 Å². The summed E-state index contributed by atoms with van der Waals surface area (Å²) in [6.45, 7) is 9.10. The van der Waals surface area contributed by atoms with Crippen LogP contribution in [0.1, 0.15) is 77.8 Å². The zero-order valence-electron chi connectivity index (χ0n) is 26.3. The third kappa shape index (κ3) is 8.18. The molecule has 44 heavy (non-hydrogen) atoms. The van der Waals surface area contributed by atoms with Crippen LogP contribution in [-0.2, 0) is 16.0 Å². The molecule has 240 valence electrons. The Hall–Kier alpha value is -3.89. The summed E-state index contributed by atoms with van der Waals surface area (Å²) in [7, 11) is 1.57. The summed E-state index contributed by atoms with van der Waals surface area (Å²) in [5.41, 5.74) is 1.19. The van der Waals surface area contributed by atoms with Gasteiger partial charge in [0.25, 0.3) is 0 Å². The third-order valence-corrected chi connectivity index (χ3v) is 8.84. The van der Waals surface area contributed by atoms with Crippen molar-refractivity contribution in [3.63, 3.8) is 0 Å². The maximum absolute atomic E-state index is 13.5. The Morgan fingerprint density at radius 3 is 2.52 bits per heavy atom. The Kier molecular flexibility index (Phi) is 10.7. The predicted octanol–water partition coefficient (Wildman–Crippen LogP) is 5.46. The molecule has 0 radical (unpaired) electrons. The first-order chi connectivity index (χ1) is 20.9. The van der Waals surface area contributed by atoms with Crippen molar-refractivity contribution in [2.24, 2.45) is 17.3 Å². The molecule has 0 spiro atoms. The number of methoxy groups -OCH3 is 1. The van der Waals surface area contributed by atoms with Gasteiger partial charge in [0, 0.05) is 12.5 Å². The molecule has 2 aliphatic rings. The fraction of sp³-hybridized carbons (Fsp3) is 0.606. The maximum atomic E-state index is 13.5. The number of carbonyl (C=O) groups excluding carboxylic acids is 1. The number of ether oxygens (including phenoxy) is 2. The molecule has 1 aromatic carbocycles. The highest BCUT2D eigenvalue weighted by Gasteiger charge is 2.46. The number of aromatic nitrogens is 2. The highest BCUT2D eigenvalue weighted by molar-refractivity contribution is 5.90. The van der Waals surface area contributed by atoms with Gasteiger partial charge in [0.2, 0.25) is 11.8 Å². The summed E-state index contributed by atoms with van der Waals surface area (Å²) < 4.78 is 11.7. The van der Waals surface area contributed by atoms with Gasteiger partial charge in [-0.2, -0.15) is 0 Å². The molecule has 1 aromatic heterocycles. The smallest absolute Gasteiger partial charge is 0.405 e. The van der Waals surface area contributed by atoms with E-state index in [1.165, 1.54) is 30.6 Å². The van der Waals surface area contributed by atoms with Gasteiger partial charge in [-0.25, -0.2) is 19.6 Å². The molecule has 2 amide bonds. The lowest BCUT2D eigenvalue weighted by Gasteiger charge is -2.34. The third-order valence-electron chi connectivity index (χ3n) is 8.84. The molecular weight excluding hydrogens is 564 g/mol. The number of hydrogen-bond acceptors (Lipinski definition) is 7. The summed E-state index contributed by atoms with van der Waals surface area (Å²) in [6, 6.07) is 3.15. The lowest BCUT2D eigenvalue weighted by Crippen LogP contribution is -2.56. The quantitative estimate of drug-likeness (QED) is 0.198. The first kappa shape index (κ1) is 33.0. The minimum atomic E-state index is -1.35. The van der Waals surface area contributed by atoms with Gasteiger partial charge in [-0.15, -0.1) is 6.58 Å². The van der Waals surface area contributed by atoms with Crippen molar-refractivity contribution in [2.45, 2.75) is 96.7 Å². The lowest BCUT2D eigenvalue weighted by molar-refractivity contribution is -0.150. The Labute approximate surface area is 259 Å². The molecule has 1 saturated carbocycles. The fourth-order valence-electron chi connectivity index (χ4n) is 6.39. The number of fused-ring (bicyclic) bond motifs is 1. The molecule has 2 heterocycles. The number of allylic oxidation sites excluding steroid dienone is 1. The monoisotopic (exact) mass is 610 g/mol. The highest BCUT2D eigenvalue weighted by atomic mass is 16.5. The van der Waals surface area contributed by atoms with Crippen LogP contribution in [-0.4, -0.2) is 74.9 Å². The number of likely N-dealkylation sites (tertiary alicyclic amines) is 1. The van der Waals surface area contributed by atoms with Gasteiger partial charge in [0.05, 0.1) is 24.7 Å². The molecule has 3 N–H and O–H groups in total. The molecule has 2 fully saturated rings. The van der Waals surface area contributed by atoms with Crippen molar-refractivity contribution in [1.29, 1.82) is 0 Å². The molecule has 1 aliphatic heterocycles. The van der Waals surface area contributed by atoms with E-state index < -0.39 is 41.6 Å². The second-order valence-corrected chi connectivity index (χ2v) is 13.2. The molecule has 0 bridgehead atoms. The minimum absolute atomic E-state index is 0.0198. The predicted molar refractivity (Wildman–Crippen MR) is 166 cm³/mol. The van der Waals surface area contributed by atoms with Crippen LogP contribution in [0, 0.1) is 17.3 Å². The van der Waals surface area contributed by atoms with Crippen molar-refractivity contribution in [3.05, 3.63) is 36.5 Å². The van der Waals surface area contributed by atoms with Gasteiger partial charge < -0.3 is 29.9 Å². The van der Waals surface area contributed by atoms with Crippen molar-refractivity contribution in [3.8, 4) is 11.6 Å². The van der Waals surface area contributed by atoms with Crippen molar-refractivity contribution >= 4 is 29.0 Å². The van der Waals surface area contributed by atoms with Crippen LogP contribution < -0.4 is 14.8 Å². The first-order valence-corrected chi connectivity index (χ1v) is 15.6. The van der Waals surface area contributed by atoms with Gasteiger partial charge in [0.1, 0.15) is 29.6 Å². The van der Waals surface area contributed by atoms with Crippen molar-refractivity contribution < 1.29 is 34.1 Å². The summed E-state index contributed by atoms with van der Waals surface area (Å²) in [6.07, 6.45) is 8.82. The molecule has 0 unspecified atom stereocenters. The maximum Gasteiger partial charge on any atom is 0.405 e. The van der Waals surface area contributed by atoms with E-state index in [4.69, 9.17) is 19.4 Å². The van der Waals surface area contributed by atoms with Crippen LogP contribution in [0.4, 0.5) is 4.79 Å². The second-order valence-electron chi connectivity index (χ2n) is 13.2. The average Bonchev–Trinajstić information content (AvgIpc) is 3.62. The van der Waals surface area contributed by atoms with E-state index in [9.17, 15) is 24.6 Å². The first-order valence-electron chi connectivity index (χ1n) is 15.6. The number of carbonyl (C=O) groups is 3. The number of rotatable bonds is 13. The Bertz CT molecular complexity index is 1360. The van der Waals surface area contributed by atoms with E-state index in [0.717, 1.165) is 25.2 Å². The average molecular weight is 611 g/mol. The van der Waals surface area contributed by atoms with E-state index in [0.29, 0.717) is 40.7 Å². The SMILES string of the molecule is C=C[C@H]1CC[C@H](CCCCCc2nc3ccc(OC)cc3nc2O[C@@H]2C[C@@H](C(=O)O)N(C(=O)[C@@H](NC(=O)O)C(C)(C)C)C2)C1. The topological polar surface area (TPSA) is 151 Å². The Morgan fingerprint density at radius 2 is 1.89 bits per heavy atom. The number of nitrogens with zero attached hydrogens (tertiary/aromatic N) is 3. The standard InChI is InChI=1S/C33H46N4O7/c1-6-20-12-13-21(16-20)10-8-7-9-11-25-29(35-26-17-22(43-5)14-15-24(26)34-25)44-23-18-27(31(39)40)37(19-23)30(38)28(33(2,3)4)36-32(41)42/h6,14-15,17,20-21,23,27-28,36H,1,7-13,16,18-19H2,2-5H3,(H,39,40)(H,41,42)/t20-,21-,23+,27-,28+/m0/s1. The zero-order chi connectivity index (χ0) is 32.0. The molecule has 2 aromatic rings. The minimum Gasteiger partial charge on any atom is -0.497 e. The zero-order valence-corrected chi connectivity index (χ0v) is 26.3. The van der Waals surface area contributed by atoms with E-state index in [-0.39, 0.29) is 13.0 Å². The van der Waals surface area contributed by atoms with Crippen molar-refractivity contribution in [1.82, 2.24) is 20.2 Å². The molecular formula is C33H46N4O7. The molecule has 4 rings (SSSR count). The lowest BCUT2D eigenvalue weighted by atomic mass is 9.85. The number of carboxylic acid groups (broad SMARTS) is 2. The van der Waals surface area contributed by atoms with Gasteiger partial charge in [-0.05, 0) is 61.5 Å². The van der Waals surface area contributed by atoms with E-state index in [1.54, 1.807) is 33.9 Å².